The van der Waals surface area contributed by atoms with E-state index in [0.717, 1.165) is 44.8 Å². The van der Waals surface area contributed by atoms with Crippen LogP contribution in [0, 0.1) is 17.2 Å². The van der Waals surface area contributed by atoms with Crippen LogP contribution >= 0.6 is 0 Å². The first kappa shape index (κ1) is 15.8. The standard InChI is InChI=1S/C17H22N4O2/c18-13-15-2-1-5-19-17(15)21-6-3-14(4-7-21)12-16(22)20-8-10-23-11-9-20/h1-2,5,14H,3-4,6-12H2. The summed E-state index contributed by atoms with van der Waals surface area (Å²) in [5.41, 5.74) is 0.621. The Balaban J connectivity index is 1.52. The predicted octanol–water partition coefficient (Wildman–Crippen LogP) is 1.42. The van der Waals surface area contributed by atoms with Gasteiger partial charge in [-0.15, -0.1) is 0 Å². The number of amides is 1. The third kappa shape index (κ3) is 3.80. The van der Waals surface area contributed by atoms with E-state index in [-0.39, 0.29) is 5.91 Å². The number of carbonyl (C=O) groups is 1. The summed E-state index contributed by atoms with van der Waals surface area (Å²) < 4.78 is 5.29. The van der Waals surface area contributed by atoms with Gasteiger partial charge >= 0.3 is 0 Å². The van der Waals surface area contributed by atoms with Crippen molar-refractivity contribution >= 4 is 11.7 Å². The van der Waals surface area contributed by atoms with E-state index >= 15 is 0 Å². The van der Waals surface area contributed by atoms with E-state index in [0.29, 0.717) is 31.1 Å². The third-order valence-corrected chi connectivity index (χ3v) is 4.65. The Labute approximate surface area is 136 Å². The van der Waals surface area contributed by atoms with Crippen molar-refractivity contribution in [2.75, 3.05) is 44.3 Å². The first-order chi connectivity index (χ1) is 11.3. The van der Waals surface area contributed by atoms with E-state index in [1.165, 1.54) is 0 Å². The number of nitriles is 1. The van der Waals surface area contributed by atoms with Gasteiger partial charge in [0.25, 0.3) is 0 Å². The highest BCUT2D eigenvalue weighted by Crippen LogP contribution is 2.26. The van der Waals surface area contributed by atoms with E-state index < -0.39 is 0 Å². The predicted molar refractivity (Wildman–Crippen MR) is 85.9 cm³/mol. The first-order valence-corrected chi connectivity index (χ1v) is 8.23. The number of ether oxygens (including phenoxy) is 1. The van der Waals surface area contributed by atoms with Crippen molar-refractivity contribution in [3.63, 3.8) is 0 Å². The van der Waals surface area contributed by atoms with Crippen LogP contribution in [-0.2, 0) is 9.53 Å². The molecule has 2 aliphatic rings. The van der Waals surface area contributed by atoms with Gasteiger partial charge in [-0.2, -0.15) is 5.26 Å². The van der Waals surface area contributed by atoms with E-state index in [2.05, 4.69) is 16.0 Å². The first-order valence-electron chi connectivity index (χ1n) is 8.23. The van der Waals surface area contributed by atoms with Crippen molar-refractivity contribution in [3.8, 4) is 6.07 Å². The minimum atomic E-state index is 0.252. The van der Waals surface area contributed by atoms with Crippen molar-refractivity contribution in [2.24, 2.45) is 5.92 Å². The lowest BCUT2D eigenvalue weighted by Gasteiger charge is -2.34. The fraction of sp³-hybridized carbons (Fsp3) is 0.588. The van der Waals surface area contributed by atoms with Crippen LogP contribution in [-0.4, -0.2) is 55.2 Å². The van der Waals surface area contributed by atoms with E-state index in [1.54, 1.807) is 18.3 Å². The topological polar surface area (TPSA) is 69.5 Å². The van der Waals surface area contributed by atoms with Gasteiger partial charge in [-0.3, -0.25) is 4.79 Å². The molecule has 23 heavy (non-hydrogen) atoms. The lowest BCUT2D eigenvalue weighted by atomic mass is 9.92. The second kappa shape index (κ2) is 7.42. The summed E-state index contributed by atoms with van der Waals surface area (Å²) in [7, 11) is 0. The molecule has 6 heteroatoms. The molecule has 1 amide bonds. The molecule has 2 aliphatic heterocycles. The van der Waals surface area contributed by atoms with Crippen molar-refractivity contribution in [1.82, 2.24) is 9.88 Å². The zero-order valence-electron chi connectivity index (χ0n) is 13.3. The molecule has 0 bridgehead atoms. The lowest BCUT2D eigenvalue weighted by Crippen LogP contribution is -2.42. The quantitative estimate of drug-likeness (QED) is 0.844. The van der Waals surface area contributed by atoms with E-state index in [1.807, 2.05) is 4.90 Å². The largest absolute Gasteiger partial charge is 0.378 e. The average molecular weight is 314 g/mol. The molecule has 2 fully saturated rings. The van der Waals surface area contributed by atoms with Gasteiger partial charge < -0.3 is 14.5 Å². The fourth-order valence-corrected chi connectivity index (χ4v) is 3.27. The molecule has 3 heterocycles. The van der Waals surface area contributed by atoms with Crippen molar-refractivity contribution in [3.05, 3.63) is 23.9 Å². The van der Waals surface area contributed by atoms with Crippen molar-refractivity contribution in [1.29, 1.82) is 5.26 Å². The molecular weight excluding hydrogens is 292 g/mol. The van der Waals surface area contributed by atoms with Gasteiger partial charge in [-0.1, -0.05) is 0 Å². The lowest BCUT2D eigenvalue weighted by molar-refractivity contribution is -0.136. The minimum absolute atomic E-state index is 0.252. The Kier molecular flexibility index (Phi) is 5.09. The summed E-state index contributed by atoms with van der Waals surface area (Å²) >= 11 is 0. The van der Waals surface area contributed by atoms with Crippen LogP contribution < -0.4 is 4.90 Å². The highest BCUT2D eigenvalue weighted by atomic mass is 16.5. The summed E-state index contributed by atoms with van der Waals surface area (Å²) in [6, 6.07) is 5.79. The summed E-state index contributed by atoms with van der Waals surface area (Å²) in [5, 5.41) is 9.19. The van der Waals surface area contributed by atoms with Crippen molar-refractivity contribution in [2.45, 2.75) is 19.3 Å². The monoisotopic (exact) mass is 314 g/mol. The number of rotatable bonds is 3. The number of hydrogen-bond acceptors (Lipinski definition) is 5. The minimum Gasteiger partial charge on any atom is -0.378 e. The Morgan fingerprint density at radius 2 is 2.04 bits per heavy atom. The van der Waals surface area contributed by atoms with Gasteiger partial charge in [0.1, 0.15) is 11.9 Å². The Bertz CT molecular complexity index is 585. The number of pyridine rings is 1. The molecule has 0 radical (unpaired) electrons. The smallest absolute Gasteiger partial charge is 0.223 e. The van der Waals surface area contributed by atoms with Gasteiger partial charge in [0, 0.05) is 38.8 Å². The maximum Gasteiger partial charge on any atom is 0.223 e. The Morgan fingerprint density at radius 3 is 2.74 bits per heavy atom. The zero-order chi connectivity index (χ0) is 16.1. The number of aromatic nitrogens is 1. The maximum absolute atomic E-state index is 12.3. The average Bonchev–Trinajstić information content (AvgIpc) is 2.63. The van der Waals surface area contributed by atoms with E-state index in [4.69, 9.17) is 4.74 Å². The molecule has 1 aromatic rings. The molecule has 0 aromatic carbocycles. The summed E-state index contributed by atoms with van der Waals surface area (Å²) in [6.45, 7) is 4.45. The molecule has 1 aromatic heterocycles. The second-order valence-corrected chi connectivity index (χ2v) is 6.11. The molecule has 0 spiro atoms. The molecule has 122 valence electrons. The maximum atomic E-state index is 12.3. The van der Waals surface area contributed by atoms with Crippen LogP contribution in [0.1, 0.15) is 24.8 Å². The highest BCUT2D eigenvalue weighted by Gasteiger charge is 2.26. The van der Waals surface area contributed by atoms with Gasteiger partial charge in [0.2, 0.25) is 5.91 Å². The third-order valence-electron chi connectivity index (χ3n) is 4.65. The summed E-state index contributed by atoms with van der Waals surface area (Å²) in [6.07, 6.45) is 4.29. The van der Waals surface area contributed by atoms with Gasteiger partial charge in [0.15, 0.2) is 0 Å². The molecule has 0 unspecified atom stereocenters. The van der Waals surface area contributed by atoms with Crippen LogP contribution in [0.3, 0.4) is 0 Å². The summed E-state index contributed by atoms with van der Waals surface area (Å²) in [5.74, 6) is 1.45. The second-order valence-electron chi connectivity index (χ2n) is 6.11. The number of hydrogen-bond donors (Lipinski definition) is 0. The highest BCUT2D eigenvalue weighted by molar-refractivity contribution is 5.76. The fourth-order valence-electron chi connectivity index (χ4n) is 3.27. The molecule has 0 saturated carbocycles. The molecule has 0 aliphatic carbocycles. The molecule has 0 atom stereocenters. The van der Waals surface area contributed by atoms with Gasteiger partial charge in [0.05, 0.1) is 18.8 Å². The van der Waals surface area contributed by atoms with Crippen LogP contribution in [0.2, 0.25) is 0 Å². The summed E-state index contributed by atoms with van der Waals surface area (Å²) in [4.78, 5) is 20.7. The normalized spacial score (nSPS) is 19.4. The number of piperidine rings is 1. The number of anilines is 1. The Morgan fingerprint density at radius 1 is 1.30 bits per heavy atom. The van der Waals surface area contributed by atoms with Crippen molar-refractivity contribution < 1.29 is 9.53 Å². The number of nitrogens with zero attached hydrogens (tertiary/aromatic N) is 4. The SMILES string of the molecule is N#Cc1cccnc1N1CCC(CC(=O)N2CCOCC2)CC1. The van der Waals surface area contributed by atoms with E-state index in [9.17, 15) is 10.1 Å². The van der Waals surface area contributed by atoms with Crippen LogP contribution in [0.4, 0.5) is 5.82 Å². The zero-order valence-corrected chi connectivity index (χ0v) is 13.3. The van der Waals surface area contributed by atoms with Gasteiger partial charge in [-0.05, 0) is 30.9 Å². The molecule has 6 nitrogen and oxygen atoms in total. The van der Waals surface area contributed by atoms with Gasteiger partial charge in [-0.25, -0.2) is 4.98 Å². The molecule has 3 rings (SSSR count). The number of carbonyl (C=O) groups excluding carboxylic acids is 1. The molecule has 2 saturated heterocycles. The van der Waals surface area contributed by atoms with Crippen LogP contribution in [0.5, 0.6) is 0 Å². The van der Waals surface area contributed by atoms with Crippen LogP contribution in [0.25, 0.3) is 0 Å². The van der Waals surface area contributed by atoms with Crippen LogP contribution in [0.15, 0.2) is 18.3 Å². The molecule has 0 N–H and O–H groups in total. The molecular formula is C17H22N4O2. The number of morpholine rings is 1. The Hall–Kier alpha value is -2.13.